The number of Topliss-reactive ketones (excluding diaryl/α,β-unsaturated/α-hetero) is 1. The van der Waals surface area contributed by atoms with Crippen LogP contribution in [-0.2, 0) is 41.9 Å². The molecule has 1 aromatic carbocycles. The number of nitrogens with zero attached hydrogens (tertiary/aromatic N) is 7. The highest BCUT2D eigenvalue weighted by Gasteiger charge is 2.56. The van der Waals surface area contributed by atoms with Gasteiger partial charge in [-0.05, 0) is 105 Å². The molecule has 0 saturated heterocycles. The number of nitrogens with one attached hydrogen (secondary N) is 4. The minimum atomic E-state index is -0.841. The highest BCUT2D eigenvalue weighted by molar-refractivity contribution is 6.12. The first-order chi connectivity index (χ1) is 34.2. The van der Waals surface area contributed by atoms with E-state index in [1.54, 1.807) is 33.7 Å². The maximum Gasteiger partial charge on any atom is 0.410 e. The zero-order valence-corrected chi connectivity index (χ0v) is 40.1. The minimum Gasteiger partial charge on any atom is -0.445 e. The molecule has 20 nitrogen and oxygen atoms in total. The lowest BCUT2D eigenvalue weighted by Crippen LogP contribution is -2.64. The number of pyridine rings is 2. The van der Waals surface area contributed by atoms with E-state index in [-0.39, 0.29) is 81.0 Å². The van der Waals surface area contributed by atoms with Gasteiger partial charge >= 0.3 is 12.1 Å². The number of primary amides is 1. The number of nitrogens with two attached hydrogens (primary N) is 1. The van der Waals surface area contributed by atoms with Gasteiger partial charge in [-0.1, -0.05) is 38.5 Å². The van der Waals surface area contributed by atoms with Crippen molar-refractivity contribution in [1.82, 2.24) is 50.0 Å². The Morgan fingerprint density at radius 3 is 2.38 bits per heavy atom. The van der Waals surface area contributed by atoms with Gasteiger partial charge in [-0.3, -0.25) is 38.8 Å². The number of carbonyl (C=O) groups excluding carboxylic acids is 7. The van der Waals surface area contributed by atoms with Gasteiger partial charge in [-0.15, -0.1) is 0 Å². The first kappa shape index (κ1) is 49.6. The number of H-pyrrole nitrogens is 1. The fraction of sp³-hybridized carbons (Fsp3) is 0.431. The van der Waals surface area contributed by atoms with E-state index < -0.39 is 30.0 Å². The molecule has 3 saturated carbocycles. The molecule has 1 aliphatic heterocycles. The quantitative estimate of drug-likeness (QED) is 0.0372. The Morgan fingerprint density at radius 2 is 1.69 bits per heavy atom. The molecular weight excluding hydrogens is 909 g/mol. The SMILES string of the molecule is Cc1cccc(-c2[nH]c(CN(C(=O)OCc3ccc(NC(=O)[C@H](CCCNC(N)=O)CC(=O)[C@@H](NC(=O)CCCCCN4C(=O)C=CC4=O)C(C)C)cc3)C3C4CC3C4)nc2-c2ccc3ncnn3c2)n1. The van der Waals surface area contributed by atoms with Crippen LogP contribution in [0.15, 0.2) is 79.3 Å². The lowest BCUT2D eigenvalue weighted by Gasteiger charge is -2.61. The zero-order valence-electron chi connectivity index (χ0n) is 40.1. The molecule has 7 amide bonds. The smallest absolute Gasteiger partial charge is 0.410 e. The second kappa shape index (κ2) is 22.3. The van der Waals surface area contributed by atoms with Crippen LogP contribution in [0, 0.1) is 30.6 Å². The summed E-state index contributed by atoms with van der Waals surface area (Å²) < 4.78 is 7.63. The van der Waals surface area contributed by atoms with Gasteiger partial charge in [0.25, 0.3) is 11.8 Å². The molecule has 0 radical (unpaired) electrons. The minimum absolute atomic E-state index is 0.0178. The number of anilines is 1. The number of benzene rings is 1. The van der Waals surface area contributed by atoms with Gasteiger partial charge in [-0.25, -0.2) is 24.1 Å². The van der Waals surface area contributed by atoms with Crippen molar-refractivity contribution >= 4 is 52.9 Å². The Labute approximate surface area is 410 Å². The highest BCUT2D eigenvalue weighted by atomic mass is 16.6. The molecule has 5 aromatic rings. The lowest BCUT2D eigenvalue weighted by molar-refractivity contribution is -0.137. The maximum absolute atomic E-state index is 14.0. The Morgan fingerprint density at radius 1 is 0.930 bits per heavy atom. The lowest BCUT2D eigenvalue weighted by atomic mass is 9.51. The van der Waals surface area contributed by atoms with Crippen LogP contribution in [0.2, 0.25) is 0 Å². The number of ether oxygens (including phenoxy) is 1. The molecule has 2 bridgehead atoms. The van der Waals surface area contributed by atoms with Gasteiger partial charge < -0.3 is 31.4 Å². The second-order valence-electron chi connectivity index (χ2n) is 19.0. The Balaban J connectivity index is 0.873. The first-order valence-corrected chi connectivity index (χ1v) is 24.3. The molecule has 2 atom stereocenters. The average Bonchev–Trinajstić information content (AvgIpc) is 4.05. The van der Waals surface area contributed by atoms with E-state index in [0.717, 1.165) is 34.7 Å². The molecule has 4 aliphatic rings. The van der Waals surface area contributed by atoms with Crippen LogP contribution in [0.3, 0.4) is 0 Å². The number of ketones is 1. The van der Waals surface area contributed by atoms with Gasteiger partial charge in [0.2, 0.25) is 11.8 Å². The van der Waals surface area contributed by atoms with Crippen LogP contribution in [0.5, 0.6) is 0 Å². The highest BCUT2D eigenvalue weighted by Crippen LogP contribution is 2.56. The van der Waals surface area contributed by atoms with Crippen LogP contribution < -0.4 is 21.7 Å². The van der Waals surface area contributed by atoms with E-state index in [9.17, 15) is 33.6 Å². The van der Waals surface area contributed by atoms with E-state index in [4.69, 9.17) is 20.4 Å². The predicted molar refractivity (Wildman–Crippen MR) is 260 cm³/mol. The van der Waals surface area contributed by atoms with Crippen molar-refractivity contribution < 1.29 is 38.3 Å². The molecule has 0 unspecified atom stereocenters. The molecule has 0 spiro atoms. The summed E-state index contributed by atoms with van der Waals surface area (Å²) in [6, 6.07) is 15.0. The number of imide groups is 1. The summed E-state index contributed by atoms with van der Waals surface area (Å²) in [6.45, 7) is 6.22. The molecule has 20 heteroatoms. The van der Waals surface area contributed by atoms with Crippen LogP contribution in [0.1, 0.15) is 88.7 Å². The third-order valence-corrected chi connectivity index (χ3v) is 13.5. The fourth-order valence-electron chi connectivity index (χ4n) is 9.41. The van der Waals surface area contributed by atoms with Crippen LogP contribution in [0.4, 0.5) is 15.3 Å². The molecule has 3 fully saturated rings. The van der Waals surface area contributed by atoms with Crippen LogP contribution in [-0.4, -0.2) is 106 Å². The third-order valence-electron chi connectivity index (χ3n) is 13.5. The summed E-state index contributed by atoms with van der Waals surface area (Å²) >= 11 is 0. The molecule has 9 rings (SSSR count). The normalized spacial score (nSPS) is 17.6. The number of rotatable bonds is 24. The van der Waals surface area contributed by atoms with Gasteiger partial charge in [0.15, 0.2) is 11.4 Å². The molecule has 5 heterocycles. The van der Waals surface area contributed by atoms with Gasteiger partial charge in [0.05, 0.1) is 29.7 Å². The largest absolute Gasteiger partial charge is 0.445 e. The number of unbranched alkanes of at least 4 members (excludes halogenated alkanes) is 2. The Kier molecular flexibility index (Phi) is 15.6. The second-order valence-corrected chi connectivity index (χ2v) is 19.0. The average molecular weight is 969 g/mol. The fourth-order valence-corrected chi connectivity index (χ4v) is 9.41. The summed E-state index contributed by atoms with van der Waals surface area (Å²) in [4.78, 5) is 110. The van der Waals surface area contributed by atoms with Crippen molar-refractivity contribution in [3.8, 4) is 22.6 Å². The van der Waals surface area contributed by atoms with E-state index in [1.807, 2.05) is 57.3 Å². The Bertz CT molecular complexity index is 2790. The van der Waals surface area contributed by atoms with Crippen molar-refractivity contribution in [2.75, 3.05) is 18.4 Å². The standard InChI is InChI=1S/C51H60N12O8/c1-30(2)45(60-42(65)12-5-4-6-22-61-43(66)19-20-44(61)67)39(64)25-33(10-8-21-53-50(52)69)49(68)57-37-16-13-32(14-17-37)28-71-51(70)62(48-35-23-36(48)24-35)27-40-58-46(34-15-18-41-54-29-55-63(41)26-34)47(59-40)38-11-7-9-31(3)56-38/h7,9,11,13-20,26,29-30,33,35-36,45,48H,4-6,8,10,12,21-25,27-28H2,1-3H3,(H,57,68)(H,58,59)(H,60,65)(H3,52,53,69)/t33-,35?,36?,45+,48?/m1/s1. The summed E-state index contributed by atoms with van der Waals surface area (Å²) in [7, 11) is 0. The van der Waals surface area contributed by atoms with Crippen molar-refractivity contribution in [3.63, 3.8) is 0 Å². The number of aryl methyl sites for hydroxylation is 1. The van der Waals surface area contributed by atoms with Gasteiger partial charge in [0.1, 0.15) is 18.8 Å². The van der Waals surface area contributed by atoms with Crippen LogP contribution >= 0.6 is 0 Å². The van der Waals surface area contributed by atoms with Crippen LogP contribution in [0.25, 0.3) is 28.3 Å². The number of aromatic nitrogens is 6. The summed E-state index contributed by atoms with van der Waals surface area (Å²) in [5.41, 5.74) is 10.9. The van der Waals surface area contributed by atoms with E-state index in [2.05, 4.69) is 31.0 Å². The number of carbonyl (C=O) groups is 7. The van der Waals surface area contributed by atoms with Gasteiger partial charge in [0, 0.05) is 73.2 Å². The molecule has 4 aromatic heterocycles. The summed E-state index contributed by atoms with van der Waals surface area (Å²) in [5.74, 6) is -1.38. The summed E-state index contributed by atoms with van der Waals surface area (Å²) in [6.07, 6.45) is 9.78. The van der Waals surface area contributed by atoms with Crippen molar-refractivity contribution in [2.45, 2.75) is 104 Å². The first-order valence-electron chi connectivity index (χ1n) is 24.3. The summed E-state index contributed by atoms with van der Waals surface area (Å²) in [5, 5.41) is 12.6. The predicted octanol–water partition coefficient (Wildman–Crippen LogP) is 5.63. The third kappa shape index (κ3) is 12.2. The van der Waals surface area contributed by atoms with Gasteiger partial charge in [-0.2, -0.15) is 5.10 Å². The number of hydrogen-bond donors (Lipinski definition) is 5. The maximum atomic E-state index is 14.0. The molecule has 71 heavy (non-hydrogen) atoms. The molecule has 6 N–H and O–H groups in total. The number of imidazole rings is 1. The molecule has 3 aliphatic carbocycles. The van der Waals surface area contributed by atoms with E-state index in [1.165, 1.54) is 18.5 Å². The van der Waals surface area contributed by atoms with Crippen molar-refractivity contribution in [1.29, 1.82) is 0 Å². The number of amides is 7. The van der Waals surface area contributed by atoms with Crippen molar-refractivity contribution in [3.05, 3.63) is 96.4 Å². The molecular formula is C51H60N12O8. The Hall–Kier alpha value is -7.77. The van der Waals surface area contributed by atoms with Crippen molar-refractivity contribution in [2.24, 2.45) is 29.4 Å². The topological polar surface area (TPSA) is 269 Å². The molecule has 372 valence electrons. The zero-order chi connectivity index (χ0) is 50.2. The number of fused-ring (bicyclic) bond motifs is 1. The van der Waals surface area contributed by atoms with E-state index in [0.29, 0.717) is 71.6 Å². The number of aromatic amines is 1. The number of urea groups is 1. The monoisotopic (exact) mass is 968 g/mol. The number of hydrogen-bond acceptors (Lipinski definition) is 12. The van der Waals surface area contributed by atoms with E-state index >= 15 is 0 Å².